The van der Waals surface area contributed by atoms with Crippen molar-refractivity contribution in [3.63, 3.8) is 0 Å². The standard InChI is InChI=1S/C8H15N3O2/c1-6-4-10(9-13)5-7(2)11(6)8(3)12/h6-7H,4-5H2,1-3H3/t6-,7+. The van der Waals surface area contributed by atoms with E-state index in [0.29, 0.717) is 13.1 Å². The Morgan fingerprint density at radius 2 is 1.77 bits per heavy atom. The van der Waals surface area contributed by atoms with Crippen LogP contribution in [0.1, 0.15) is 20.8 Å². The first kappa shape index (κ1) is 9.95. The lowest BCUT2D eigenvalue weighted by Gasteiger charge is -2.41. The lowest BCUT2D eigenvalue weighted by molar-refractivity contribution is -0.136. The molecule has 1 heterocycles. The molecule has 13 heavy (non-hydrogen) atoms. The van der Waals surface area contributed by atoms with Crippen molar-refractivity contribution in [1.82, 2.24) is 9.91 Å². The number of carbonyl (C=O) groups excluding carboxylic acids is 1. The first-order valence-corrected chi connectivity index (χ1v) is 4.43. The quantitative estimate of drug-likeness (QED) is 0.562. The SMILES string of the molecule is CC(=O)N1[C@H](C)CN(N=O)C[C@@H]1C. The molecule has 0 spiro atoms. The van der Waals surface area contributed by atoms with Gasteiger partial charge in [0.15, 0.2) is 0 Å². The number of amides is 1. The molecule has 1 amide bonds. The van der Waals surface area contributed by atoms with Crippen LogP contribution in [0.15, 0.2) is 5.29 Å². The second-order valence-electron chi connectivity index (χ2n) is 3.58. The molecule has 74 valence electrons. The van der Waals surface area contributed by atoms with Crippen molar-refractivity contribution in [1.29, 1.82) is 0 Å². The van der Waals surface area contributed by atoms with Gasteiger partial charge in [0.1, 0.15) is 0 Å². The van der Waals surface area contributed by atoms with Crippen molar-refractivity contribution in [2.75, 3.05) is 13.1 Å². The molecule has 2 atom stereocenters. The Hall–Kier alpha value is -1.13. The van der Waals surface area contributed by atoms with E-state index in [4.69, 9.17) is 0 Å². The number of hydrogen-bond donors (Lipinski definition) is 0. The molecular weight excluding hydrogens is 170 g/mol. The molecular formula is C8H15N3O2. The fourth-order valence-electron chi connectivity index (χ4n) is 1.98. The third-order valence-electron chi connectivity index (χ3n) is 2.38. The van der Waals surface area contributed by atoms with E-state index < -0.39 is 0 Å². The van der Waals surface area contributed by atoms with E-state index in [1.165, 1.54) is 5.01 Å². The van der Waals surface area contributed by atoms with Gasteiger partial charge in [0.2, 0.25) is 5.91 Å². The van der Waals surface area contributed by atoms with Gasteiger partial charge in [-0.1, -0.05) is 0 Å². The molecule has 0 radical (unpaired) electrons. The van der Waals surface area contributed by atoms with Gasteiger partial charge in [-0.3, -0.25) is 9.80 Å². The zero-order valence-corrected chi connectivity index (χ0v) is 8.23. The van der Waals surface area contributed by atoms with E-state index >= 15 is 0 Å². The summed E-state index contributed by atoms with van der Waals surface area (Å²) in [6.45, 7) is 6.47. The molecule has 1 saturated heterocycles. The summed E-state index contributed by atoms with van der Waals surface area (Å²) in [5.74, 6) is 0.0607. The highest BCUT2D eigenvalue weighted by molar-refractivity contribution is 5.74. The lowest BCUT2D eigenvalue weighted by atomic mass is 10.1. The van der Waals surface area contributed by atoms with Crippen LogP contribution in [0.2, 0.25) is 0 Å². The number of rotatable bonds is 1. The Balaban J connectivity index is 2.69. The van der Waals surface area contributed by atoms with E-state index in [1.54, 1.807) is 11.8 Å². The minimum Gasteiger partial charge on any atom is -0.334 e. The molecule has 0 bridgehead atoms. The fourth-order valence-corrected chi connectivity index (χ4v) is 1.98. The van der Waals surface area contributed by atoms with E-state index in [1.807, 2.05) is 13.8 Å². The zero-order chi connectivity index (χ0) is 10.0. The summed E-state index contributed by atoms with van der Waals surface area (Å²) in [7, 11) is 0. The van der Waals surface area contributed by atoms with Crippen LogP contribution in [0.25, 0.3) is 0 Å². The Morgan fingerprint density at radius 3 is 2.08 bits per heavy atom. The molecule has 1 aliphatic rings. The van der Waals surface area contributed by atoms with E-state index in [2.05, 4.69) is 5.29 Å². The molecule has 0 aromatic heterocycles. The second kappa shape index (κ2) is 3.72. The minimum absolute atomic E-state index is 0.0607. The molecule has 5 heteroatoms. The van der Waals surface area contributed by atoms with Crippen molar-refractivity contribution in [2.24, 2.45) is 5.29 Å². The maximum absolute atomic E-state index is 11.2. The summed E-state index contributed by atoms with van der Waals surface area (Å²) in [5, 5.41) is 4.35. The number of hydrogen-bond acceptors (Lipinski definition) is 3. The summed E-state index contributed by atoms with van der Waals surface area (Å²) in [6, 6.07) is 0.137. The number of nitroso groups, excluding NO2 is 1. The lowest BCUT2D eigenvalue weighted by Crippen LogP contribution is -2.56. The van der Waals surface area contributed by atoms with Crippen LogP contribution in [0.3, 0.4) is 0 Å². The molecule has 0 N–H and O–H groups in total. The Morgan fingerprint density at radius 1 is 1.31 bits per heavy atom. The molecule has 0 aliphatic carbocycles. The summed E-state index contributed by atoms with van der Waals surface area (Å²) in [5.41, 5.74) is 0. The van der Waals surface area contributed by atoms with Crippen LogP contribution in [-0.2, 0) is 4.79 Å². The molecule has 1 aliphatic heterocycles. The minimum atomic E-state index is 0.0607. The average Bonchev–Trinajstić information content (AvgIpc) is 2.02. The van der Waals surface area contributed by atoms with Gasteiger partial charge < -0.3 is 4.90 Å². The Labute approximate surface area is 77.6 Å². The number of carbonyl (C=O) groups is 1. The van der Waals surface area contributed by atoms with Gasteiger partial charge in [0.25, 0.3) is 0 Å². The second-order valence-corrected chi connectivity index (χ2v) is 3.58. The van der Waals surface area contributed by atoms with Gasteiger partial charge in [-0.15, -0.1) is 4.91 Å². The summed E-state index contributed by atoms with van der Waals surface area (Å²) < 4.78 is 0. The van der Waals surface area contributed by atoms with Crippen molar-refractivity contribution >= 4 is 5.91 Å². The smallest absolute Gasteiger partial charge is 0.220 e. The summed E-state index contributed by atoms with van der Waals surface area (Å²) in [6.07, 6.45) is 0. The summed E-state index contributed by atoms with van der Waals surface area (Å²) in [4.78, 5) is 23.3. The van der Waals surface area contributed by atoms with Crippen molar-refractivity contribution in [3.8, 4) is 0 Å². The monoisotopic (exact) mass is 185 g/mol. The predicted molar refractivity (Wildman–Crippen MR) is 48.8 cm³/mol. The molecule has 5 nitrogen and oxygen atoms in total. The van der Waals surface area contributed by atoms with E-state index in [0.717, 1.165) is 0 Å². The molecule has 0 aromatic rings. The van der Waals surface area contributed by atoms with Crippen molar-refractivity contribution in [3.05, 3.63) is 4.91 Å². The van der Waals surface area contributed by atoms with Crippen LogP contribution >= 0.6 is 0 Å². The van der Waals surface area contributed by atoms with Gasteiger partial charge in [0, 0.05) is 19.0 Å². The highest BCUT2D eigenvalue weighted by Gasteiger charge is 2.30. The van der Waals surface area contributed by atoms with Gasteiger partial charge in [-0.2, -0.15) is 0 Å². The number of piperazine rings is 1. The summed E-state index contributed by atoms with van der Waals surface area (Å²) >= 11 is 0. The third kappa shape index (κ3) is 1.96. The molecule has 1 fully saturated rings. The predicted octanol–water partition coefficient (Wildman–Crippen LogP) is 0.609. The van der Waals surface area contributed by atoms with Gasteiger partial charge in [0.05, 0.1) is 18.4 Å². The molecule has 0 saturated carbocycles. The average molecular weight is 185 g/mol. The van der Waals surface area contributed by atoms with Crippen molar-refractivity contribution < 1.29 is 4.79 Å². The Kier molecular flexibility index (Phi) is 2.85. The van der Waals surface area contributed by atoms with Crippen LogP contribution in [0.5, 0.6) is 0 Å². The van der Waals surface area contributed by atoms with E-state index in [9.17, 15) is 9.70 Å². The highest BCUT2D eigenvalue weighted by atomic mass is 16.3. The zero-order valence-electron chi connectivity index (χ0n) is 8.23. The van der Waals surface area contributed by atoms with Crippen molar-refractivity contribution in [2.45, 2.75) is 32.9 Å². The fraction of sp³-hybridized carbons (Fsp3) is 0.875. The van der Waals surface area contributed by atoms with Gasteiger partial charge in [-0.05, 0) is 13.8 Å². The normalized spacial score (nSPS) is 28.8. The van der Waals surface area contributed by atoms with Crippen LogP contribution in [0, 0.1) is 4.91 Å². The maximum atomic E-state index is 11.2. The first-order chi connectivity index (χ1) is 6.06. The third-order valence-corrected chi connectivity index (χ3v) is 2.38. The van der Waals surface area contributed by atoms with Crippen LogP contribution < -0.4 is 0 Å². The molecule has 0 aromatic carbocycles. The van der Waals surface area contributed by atoms with Crippen LogP contribution in [-0.4, -0.2) is 41.0 Å². The maximum Gasteiger partial charge on any atom is 0.220 e. The molecule has 1 rings (SSSR count). The molecule has 0 unspecified atom stereocenters. The highest BCUT2D eigenvalue weighted by Crippen LogP contribution is 2.15. The number of nitrogens with zero attached hydrogens (tertiary/aromatic N) is 3. The first-order valence-electron chi connectivity index (χ1n) is 4.43. The largest absolute Gasteiger partial charge is 0.334 e. The Bertz CT molecular complexity index is 207. The van der Waals surface area contributed by atoms with Gasteiger partial charge >= 0.3 is 0 Å². The van der Waals surface area contributed by atoms with Gasteiger partial charge in [-0.25, -0.2) is 0 Å². The van der Waals surface area contributed by atoms with Crippen LogP contribution in [0.4, 0.5) is 0 Å². The topological polar surface area (TPSA) is 53.0 Å². The van der Waals surface area contributed by atoms with E-state index in [-0.39, 0.29) is 18.0 Å².